The van der Waals surface area contributed by atoms with E-state index in [4.69, 9.17) is 0 Å². The lowest BCUT2D eigenvalue weighted by molar-refractivity contribution is 0.269. The van der Waals surface area contributed by atoms with Gasteiger partial charge in [0.25, 0.3) is 0 Å². The molecule has 0 radical (unpaired) electrons. The normalized spacial score (nSPS) is 11.7. The van der Waals surface area contributed by atoms with Crippen molar-refractivity contribution >= 4 is 6.21 Å². The van der Waals surface area contributed by atoms with E-state index in [1.165, 1.54) is 0 Å². The number of hydrogen-bond donors (Lipinski definition) is 1. The van der Waals surface area contributed by atoms with Crippen LogP contribution in [0, 0.1) is 0 Å². The fourth-order valence-corrected chi connectivity index (χ4v) is 1.63. The molecule has 0 bridgehead atoms. The van der Waals surface area contributed by atoms with Crippen LogP contribution >= 0.6 is 0 Å². The van der Waals surface area contributed by atoms with Gasteiger partial charge in [0.2, 0.25) is 0 Å². The van der Waals surface area contributed by atoms with E-state index in [9.17, 15) is 5.11 Å². The molecule has 19 heavy (non-hydrogen) atoms. The monoisotopic (exact) mass is 255 g/mol. The summed E-state index contributed by atoms with van der Waals surface area (Å²) in [6.45, 7) is 4.02. The van der Waals surface area contributed by atoms with Crippen LogP contribution in [0.25, 0.3) is 0 Å². The molecule has 0 amide bonds. The first kappa shape index (κ1) is 15.1. The van der Waals surface area contributed by atoms with Crippen molar-refractivity contribution in [2.45, 2.75) is 19.9 Å². The Bertz CT molecular complexity index is 465. The van der Waals surface area contributed by atoms with Gasteiger partial charge in [0, 0.05) is 6.21 Å². The minimum absolute atomic E-state index is 0.0212. The van der Waals surface area contributed by atoms with Crippen LogP contribution in [0.4, 0.5) is 0 Å². The van der Waals surface area contributed by atoms with Crippen LogP contribution in [0.15, 0.2) is 65.7 Å². The molecule has 2 rings (SSSR count). The average molecular weight is 255 g/mol. The Morgan fingerprint density at radius 3 is 2.00 bits per heavy atom. The first-order valence-corrected chi connectivity index (χ1v) is 6.64. The summed E-state index contributed by atoms with van der Waals surface area (Å²) >= 11 is 0. The van der Waals surface area contributed by atoms with Gasteiger partial charge in [-0.2, -0.15) is 0 Å². The van der Waals surface area contributed by atoms with E-state index >= 15 is 0 Å². The molecule has 0 aliphatic rings. The zero-order valence-electron chi connectivity index (χ0n) is 11.5. The molecule has 1 unspecified atom stereocenters. The van der Waals surface area contributed by atoms with Crippen molar-refractivity contribution in [2.24, 2.45) is 4.99 Å². The predicted octanol–water partition coefficient (Wildman–Crippen LogP) is 3.87. The van der Waals surface area contributed by atoms with Crippen LogP contribution in [-0.4, -0.2) is 17.9 Å². The van der Waals surface area contributed by atoms with Crippen molar-refractivity contribution in [2.75, 3.05) is 6.61 Å². The largest absolute Gasteiger partial charge is 0.394 e. The highest BCUT2D eigenvalue weighted by molar-refractivity contribution is 5.79. The fourth-order valence-electron chi connectivity index (χ4n) is 1.63. The summed E-state index contributed by atoms with van der Waals surface area (Å²) < 4.78 is 0. The van der Waals surface area contributed by atoms with Crippen molar-refractivity contribution in [1.29, 1.82) is 0 Å². The van der Waals surface area contributed by atoms with Gasteiger partial charge in [-0.25, -0.2) is 0 Å². The predicted molar refractivity (Wildman–Crippen MR) is 81.7 cm³/mol. The lowest BCUT2D eigenvalue weighted by Crippen LogP contribution is -2.01. The third-order valence-electron chi connectivity index (χ3n) is 2.56. The van der Waals surface area contributed by atoms with Crippen molar-refractivity contribution < 1.29 is 5.11 Å². The van der Waals surface area contributed by atoms with Crippen LogP contribution in [-0.2, 0) is 0 Å². The number of rotatable bonds is 4. The smallest absolute Gasteiger partial charge is 0.0979 e. The molecule has 2 aromatic rings. The fraction of sp³-hybridized carbons (Fsp3) is 0.235. The number of hydrogen-bond acceptors (Lipinski definition) is 2. The van der Waals surface area contributed by atoms with Gasteiger partial charge in [-0.3, -0.25) is 4.99 Å². The van der Waals surface area contributed by atoms with Gasteiger partial charge >= 0.3 is 0 Å². The molecule has 0 saturated carbocycles. The van der Waals surface area contributed by atoms with Gasteiger partial charge in [0.15, 0.2) is 0 Å². The van der Waals surface area contributed by atoms with Gasteiger partial charge in [-0.15, -0.1) is 0 Å². The van der Waals surface area contributed by atoms with E-state index in [-0.39, 0.29) is 12.6 Å². The van der Waals surface area contributed by atoms with E-state index < -0.39 is 0 Å². The molecule has 0 aliphatic heterocycles. The number of nitrogens with zero attached hydrogens (tertiary/aromatic N) is 1. The van der Waals surface area contributed by atoms with Crippen LogP contribution in [0.5, 0.6) is 0 Å². The molecule has 2 heteroatoms. The summed E-state index contributed by atoms with van der Waals surface area (Å²) in [5, 5.41) is 9.34. The first-order chi connectivity index (χ1) is 9.40. The van der Waals surface area contributed by atoms with Gasteiger partial charge in [0.1, 0.15) is 0 Å². The molecule has 100 valence electrons. The molecule has 0 spiro atoms. The topological polar surface area (TPSA) is 32.6 Å². The Morgan fingerprint density at radius 2 is 1.47 bits per heavy atom. The van der Waals surface area contributed by atoms with Crippen LogP contribution < -0.4 is 0 Å². The summed E-state index contributed by atoms with van der Waals surface area (Å²) in [6.07, 6.45) is 1.80. The number of aliphatic imine (C=N–C) groups is 1. The Kier molecular flexibility index (Phi) is 7.21. The second-order valence-corrected chi connectivity index (χ2v) is 3.80. The van der Waals surface area contributed by atoms with Crippen molar-refractivity contribution in [1.82, 2.24) is 0 Å². The van der Waals surface area contributed by atoms with Crippen LogP contribution in [0.1, 0.15) is 31.0 Å². The van der Waals surface area contributed by atoms with E-state index in [0.717, 1.165) is 11.1 Å². The number of aliphatic hydroxyl groups excluding tert-OH is 1. The molecule has 2 nitrogen and oxygen atoms in total. The summed E-state index contributed by atoms with van der Waals surface area (Å²) in [4.78, 5) is 4.41. The second kappa shape index (κ2) is 9.06. The maximum Gasteiger partial charge on any atom is 0.0979 e. The maximum absolute atomic E-state index is 9.34. The molecule has 0 fully saturated rings. The van der Waals surface area contributed by atoms with Crippen LogP contribution in [0.2, 0.25) is 0 Å². The van der Waals surface area contributed by atoms with E-state index in [1.807, 2.05) is 74.5 Å². The quantitative estimate of drug-likeness (QED) is 0.827. The Hall–Kier alpha value is -1.93. The SMILES string of the molecule is CC.OCC(N=Cc1ccccc1)c1ccccc1. The van der Waals surface area contributed by atoms with Gasteiger partial charge in [-0.1, -0.05) is 74.5 Å². The molecule has 0 aromatic heterocycles. The minimum Gasteiger partial charge on any atom is -0.394 e. The highest BCUT2D eigenvalue weighted by Crippen LogP contribution is 2.15. The van der Waals surface area contributed by atoms with Gasteiger partial charge in [-0.05, 0) is 11.1 Å². The summed E-state index contributed by atoms with van der Waals surface area (Å²) in [5.41, 5.74) is 2.07. The molecular weight excluding hydrogens is 234 g/mol. The molecule has 1 atom stereocenters. The third-order valence-corrected chi connectivity index (χ3v) is 2.56. The second-order valence-electron chi connectivity index (χ2n) is 3.80. The number of benzene rings is 2. The summed E-state index contributed by atoms with van der Waals surface area (Å²) in [7, 11) is 0. The Labute approximate surface area is 115 Å². The van der Waals surface area contributed by atoms with Crippen molar-refractivity contribution in [3.8, 4) is 0 Å². The molecule has 2 aromatic carbocycles. The molecule has 1 N–H and O–H groups in total. The summed E-state index contributed by atoms with van der Waals surface area (Å²) in [6, 6.07) is 19.5. The number of aliphatic hydroxyl groups is 1. The zero-order valence-corrected chi connectivity index (χ0v) is 11.5. The zero-order chi connectivity index (χ0) is 13.9. The van der Waals surface area contributed by atoms with E-state index in [0.29, 0.717) is 0 Å². The van der Waals surface area contributed by atoms with Crippen molar-refractivity contribution in [3.63, 3.8) is 0 Å². The average Bonchev–Trinajstić information content (AvgIpc) is 2.52. The van der Waals surface area contributed by atoms with E-state index in [2.05, 4.69) is 4.99 Å². The third kappa shape index (κ3) is 5.06. The highest BCUT2D eigenvalue weighted by Gasteiger charge is 2.06. The Balaban J connectivity index is 0.000000861. The minimum atomic E-state index is -0.184. The van der Waals surface area contributed by atoms with Crippen molar-refractivity contribution in [3.05, 3.63) is 71.8 Å². The molecule has 0 aliphatic carbocycles. The summed E-state index contributed by atoms with van der Waals surface area (Å²) in [5.74, 6) is 0. The van der Waals surface area contributed by atoms with Gasteiger partial charge in [0.05, 0.1) is 12.6 Å². The molecular formula is C17H21NO. The molecule has 0 heterocycles. The lowest BCUT2D eigenvalue weighted by atomic mass is 10.1. The maximum atomic E-state index is 9.34. The molecule has 0 saturated heterocycles. The Morgan fingerprint density at radius 1 is 0.947 bits per heavy atom. The first-order valence-electron chi connectivity index (χ1n) is 6.64. The van der Waals surface area contributed by atoms with Gasteiger partial charge < -0.3 is 5.11 Å². The van der Waals surface area contributed by atoms with Crippen LogP contribution in [0.3, 0.4) is 0 Å². The standard InChI is InChI=1S/C15H15NO.C2H6/c17-12-15(14-9-5-2-6-10-14)16-11-13-7-3-1-4-8-13;1-2/h1-11,15,17H,12H2;1-2H3. The lowest BCUT2D eigenvalue weighted by Gasteiger charge is -2.08. The highest BCUT2D eigenvalue weighted by atomic mass is 16.3. The van der Waals surface area contributed by atoms with E-state index in [1.54, 1.807) is 6.21 Å².